The number of Topliss-reactive ketones (excluding diaryl/α,β-unsaturated/α-hetero) is 1. The zero-order valence-electron chi connectivity index (χ0n) is 14.1. The van der Waals surface area contributed by atoms with Crippen LogP contribution in [0.25, 0.3) is 0 Å². The molecular weight excluding hydrogens is 356 g/mol. The Morgan fingerprint density at radius 3 is 2.46 bits per heavy atom. The highest BCUT2D eigenvalue weighted by atomic mass is 35.5. The summed E-state index contributed by atoms with van der Waals surface area (Å²) in [6.07, 6.45) is -0.871. The Hall–Kier alpha value is -2.70. The molecule has 4 rings (SSSR count). The number of halogens is 1. The van der Waals surface area contributed by atoms with Crippen LogP contribution in [0.1, 0.15) is 17.3 Å². The number of hydrazone groups is 1. The average molecular weight is 371 g/mol. The summed E-state index contributed by atoms with van der Waals surface area (Å²) in [6.45, 7) is 1.69. The van der Waals surface area contributed by atoms with E-state index in [0.29, 0.717) is 27.7 Å². The minimum absolute atomic E-state index is 0.256. The van der Waals surface area contributed by atoms with Crippen molar-refractivity contribution in [3.8, 4) is 5.75 Å². The molecule has 1 spiro atoms. The van der Waals surface area contributed by atoms with Crippen LogP contribution in [0.4, 0.5) is 5.69 Å². The van der Waals surface area contributed by atoms with Crippen LogP contribution >= 0.6 is 11.6 Å². The minimum atomic E-state index is -1.31. The van der Waals surface area contributed by atoms with Crippen molar-refractivity contribution in [1.29, 1.82) is 0 Å². The van der Waals surface area contributed by atoms with Crippen LogP contribution < -0.4 is 9.75 Å². The molecule has 2 heterocycles. The maximum Gasteiger partial charge on any atom is 0.288 e. The summed E-state index contributed by atoms with van der Waals surface area (Å²) >= 11 is 5.89. The Morgan fingerprint density at radius 1 is 1.19 bits per heavy atom. The van der Waals surface area contributed by atoms with E-state index in [4.69, 9.17) is 21.1 Å². The number of hydrogen-bond donors (Lipinski definition) is 0. The van der Waals surface area contributed by atoms with Gasteiger partial charge in [0.25, 0.3) is 5.91 Å². The van der Waals surface area contributed by atoms with Gasteiger partial charge >= 0.3 is 0 Å². The average Bonchev–Trinajstić information content (AvgIpc) is 3.37. The maximum atomic E-state index is 12.9. The lowest BCUT2D eigenvalue weighted by atomic mass is 9.94. The number of carbonyl (C=O) groups excluding carboxylic acids is 2. The van der Waals surface area contributed by atoms with E-state index in [1.165, 1.54) is 5.01 Å². The fraction of sp³-hybridized carbons (Fsp3) is 0.211. The number of amides is 1. The van der Waals surface area contributed by atoms with E-state index >= 15 is 0 Å². The normalized spacial score (nSPS) is 24.0. The number of benzene rings is 2. The second-order valence-electron chi connectivity index (χ2n) is 6.11. The second kappa shape index (κ2) is 5.93. The lowest BCUT2D eigenvalue weighted by Crippen LogP contribution is -2.38. The first-order valence-corrected chi connectivity index (χ1v) is 8.37. The van der Waals surface area contributed by atoms with Crippen LogP contribution in [0.5, 0.6) is 5.75 Å². The predicted octanol–water partition coefficient (Wildman–Crippen LogP) is 3.09. The van der Waals surface area contributed by atoms with Crippen LogP contribution in [-0.4, -0.2) is 36.2 Å². The smallest absolute Gasteiger partial charge is 0.288 e. The first-order chi connectivity index (χ1) is 12.5. The summed E-state index contributed by atoms with van der Waals surface area (Å²) in [6, 6.07) is 13.4. The Morgan fingerprint density at radius 2 is 1.85 bits per heavy atom. The lowest BCUT2D eigenvalue weighted by Gasteiger charge is -2.12. The van der Waals surface area contributed by atoms with Gasteiger partial charge in [-0.25, -0.2) is 0 Å². The number of anilines is 1. The van der Waals surface area contributed by atoms with Crippen molar-refractivity contribution < 1.29 is 19.1 Å². The fourth-order valence-electron chi connectivity index (χ4n) is 3.07. The molecule has 2 aromatic carbocycles. The maximum absolute atomic E-state index is 12.9. The van der Waals surface area contributed by atoms with Gasteiger partial charge in [0.2, 0.25) is 5.60 Å². The summed E-state index contributed by atoms with van der Waals surface area (Å²) in [5.41, 5.74) is 0.181. The third-order valence-electron chi connectivity index (χ3n) is 4.60. The molecule has 7 heteroatoms. The summed E-state index contributed by atoms with van der Waals surface area (Å²) < 4.78 is 10.7. The SMILES string of the molecule is COc1ccc(C(=O)C2OC23C(=O)N(c2ccc(Cl)cc2)N=C3C)cc1. The molecule has 0 bridgehead atoms. The first-order valence-electron chi connectivity index (χ1n) is 7.99. The number of hydrogen-bond acceptors (Lipinski definition) is 5. The predicted molar refractivity (Wildman–Crippen MR) is 97.0 cm³/mol. The third kappa shape index (κ3) is 2.41. The van der Waals surface area contributed by atoms with Crippen LogP contribution in [-0.2, 0) is 9.53 Å². The second-order valence-corrected chi connectivity index (χ2v) is 6.54. The molecule has 0 aliphatic carbocycles. The van der Waals surface area contributed by atoms with E-state index in [1.807, 2.05) is 0 Å². The number of ketones is 1. The van der Waals surface area contributed by atoms with Gasteiger partial charge in [0.05, 0.1) is 18.5 Å². The number of methoxy groups -OCH3 is 1. The Kier molecular flexibility index (Phi) is 3.82. The topological polar surface area (TPSA) is 71.5 Å². The van der Waals surface area contributed by atoms with Gasteiger partial charge in [0.1, 0.15) is 5.75 Å². The molecule has 132 valence electrons. The van der Waals surface area contributed by atoms with Gasteiger partial charge in [-0.3, -0.25) is 9.59 Å². The van der Waals surface area contributed by atoms with Crippen molar-refractivity contribution in [2.45, 2.75) is 18.6 Å². The third-order valence-corrected chi connectivity index (χ3v) is 4.85. The van der Waals surface area contributed by atoms with Gasteiger partial charge in [-0.2, -0.15) is 10.1 Å². The minimum Gasteiger partial charge on any atom is -0.497 e. The molecule has 2 atom stereocenters. The monoisotopic (exact) mass is 370 g/mol. The summed E-state index contributed by atoms with van der Waals surface area (Å²) in [7, 11) is 1.55. The van der Waals surface area contributed by atoms with Gasteiger partial charge in [-0.1, -0.05) is 11.6 Å². The molecule has 2 aliphatic heterocycles. The number of nitrogens with zero attached hydrogens (tertiary/aromatic N) is 2. The van der Waals surface area contributed by atoms with Gasteiger partial charge in [-0.05, 0) is 55.5 Å². The van der Waals surface area contributed by atoms with Crippen molar-refractivity contribution in [3.05, 3.63) is 59.1 Å². The summed E-state index contributed by atoms with van der Waals surface area (Å²) in [4.78, 5) is 25.7. The fourth-order valence-corrected chi connectivity index (χ4v) is 3.20. The molecule has 26 heavy (non-hydrogen) atoms. The van der Waals surface area contributed by atoms with E-state index < -0.39 is 11.7 Å². The number of ether oxygens (including phenoxy) is 2. The molecule has 2 aromatic rings. The van der Waals surface area contributed by atoms with Crippen molar-refractivity contribution in [1.82, 2.24) is 0 Å². The van der Waals surface area contributed by atoms with Gasteiger partial charge < -0.3 is 9.47 Å². The zero-order valence-corrected chi connectivity index (χ0v) is 14.9. The molecule has 0 radical (unpaired) electrons. The molecule has 0 saturated carbocycles. The lowest BCUT2D eigenvalue weighted by molar-refractivity contribution is -0.120. The molecule has 1 saturated heterocycles. The number of carbonyl (C=O) groups is 2. The largest absolute Gasteiger partial charge is 0.497 e. The van der Waals surface area contributed by atoms with Crippen LogP contribution in [0, 0.1) is 0 Å². The Balaban J connectivity index is 1.58. The number of epoxide rings is 1. The number of rotatable bonds is 4. The highest BCUT2D eigenvalue weighted by Gasteiger charge is 2.72. The molecule has 2 aliphatic rings. The van der Waals surface area contributed by atoms with E-state index in [-0.39, 0.29) is 11.7 Å². The van der Waals surface area contributed by atoms with Crippen molar-refractivity contribution in [3.63, 3.8) is 0 Å². The van der Waals surface area contributed by atoms with E-state index in [0.717, 1.165) is 0 Å². The Labute approximate surface area is 155 Å². The van der Waals surface area contributed by atoms with E-state index in [1.54, 1.807) is 62.6 Å². The standard InChI is InChI=1S/C19H15ClN2O4/c1-11-19(18(24)22(21-11)14-7-5-13(20)6-8-14)17(26-19)16(23)12-3-9-15(25-2)10-4-12/h3-10,17H,1-2H3. The van der Waals surface area contributed by atoms with Crippen LogP contribution in [0.2, 0.25) is 5.02 Å². The molecule has 6 nitrogen and oxygen atoms in total. The highest BCUT2D eigenvalue weighted by molar-refractivity contribution is 6.31. The van der Waals surface area contributed by atoms with Gasteiger partial charge in [0.15, 0.2) is 11.9 Å². The van der Waals surface area contributed by atoms with Crippen molar-refractivity contribution in [2.24, 2.45) is 5.10 Å². The van der Waals surface area contributed by atoms with Crippen molar-refractivity contribution >= 4 is 34.7 Å². The first kappa shape index (κ1) is 16.8. The Bertz CT molecular complexity index is 924. The van der Waals surface area contributed by atoms with E-state index in [9.17, 15) is 9.59 Å². The van der Waals surface area contributed by atoms with Crippen molar-refractivity contribution in [2.75, 3.05) is 12.1 Å². The quantitative estimate of drug-likeness (QED) is 0.612. The van der Waals surface area contributed by atoms with E-state index in [2.05, 4.69) is 5.10 Å². The summed E-state index contributed by atoms with van der Waals surface area (Å²) in [5, 5.41) is 6.12. The zero-order chi connectivity index (χ0) is 18.5. The highest BCUT2D eigenvalue weighted by Crippen LogP contribution is 2.46. The van der Waals surface area contributed by atoms with Gasteiger partial charge in [0, 0.05) is 10.6 Å². The van der Waals surface area contributed by atoms with Crippen LogP contribution in [0.3, 0.4) is 0 Å². The molecule has 0 aromatic heterocycles. The molecule has 1 amide bonds. The van der Waals surface area contributed by atoms with Crippen LogP contribution in [0.15, 0.2) is 53.6 Å². The molecular formula is C19H15ClN2O4. The molecule has 1 fully saturated rings. The molecule has 2 unspecified atom stereocenters. The van der Waals surface area contributed by atoms with Gasteiger partial charge in [-0.15, -0.1) is 0 Å². The molecule has 0 N–H and O–H groups in total. The summed E-state index contributed by atoms with van der Waals surface area (Å²) in [5.74, 6) is 0.0225.